The van der Waals surface area contributed by atoms with Gasteiger partial charge in [0.15, 0.2) is 0 Å². The van der Waals surface area contributed by atoms with Crippen molar-refractivity contribution in [3.05, 3.63) is 29.3 Å². The van der Waals surface area contributed by atoms with Crippen LogP contribution in [0.5, 0.6) is 0 Å². The van der Waals surface area contributed by atoms with Crippen molar-refractivity contribution in [2.24, 2.45) is 11.7 Å². The first kappa shape index (κ1) is 18.5. The molecule has 0 radical (unpaired) electrons. The van der Waals surface area contributed by atoms with Crippen LogP contribution in [0.2, 0.25) is 0 Å². The van der Waals surface area contributed by atoms with Crippen molar-refractivity contribution in [3.63, 3.8) is 0 Å². The van der Waals surface area contributed by atoms with E-state index in [1.807, 2.05) is 11.0 Å². The van der Waals surface area contributed by atoms with Crippen molar-refractivity contribution in [1.29, 1.82) is 0 Å². The number of nitrogens with two attached hydrogens (primary N) is 1. The van der Waals surface area contributed by atoms with Gasteiger partial charge in [0.05, 0.1) is 12.5 Å². The fourth-order valence-electron chi connectivity index (χ4n) is 3.83. The van der Waals surface area contributed by atoms with Gasteiger partial charge in [0.2, 0.25) is 11.8 Å². The molecule has 1 unspecified atom stereocenters. The fraction of sp³-hybridized carbons (Fsp3) is 0.556. The number of hydrogen-bond donors (Lipinski definition) is 1. The Morgan fingerprint density at radius 2 is 1.96 bits per heavy atom. The summed E-state index contributed by atoms with van der Waals surface area (Å²) in [6.07, 6.45) is -2.39. The van der Waals surface area contributed by atoms with E-state index in [-0.39, 0.29) is 25.4 Å². The molecule has 2 aliphatic heterocycles. The highest BCUT2D eigenvalue weighted by atomic mass is 19.4. The molecule has 0 aliphatic carbocycles. The topological polar surface area (TPSA) is 66.6 Å². The standard InChI is InChI=1S/C18H22F3N3O2/c19-18(20,21)12-4-2-9-24(10-12)16(25)11-23-8-3-6-13-14(17(22)26)5-1-7-15(13)23/h1,5,7,12H,2-4,6,8-11H2,(H2,22,26). The quantitative estimate of drug-likeness (QED) is 0.889. The largest absolute Gasteiger partial charge is 0.393 e. The van der Waals surface area contributed by atoms with Crippen molar-refractivity contribution >= 4 is 17.5 Å². The van der Waals surface area contributed by atoms with Crippen LogP contribution in [0, 0.1) is 5.92 Å². The fourth-order valence-corrected chi connectivity index (χ4v) is 3.83. The first-order valence-corrected chi connectivity index (χ1v) is 8.78. The molecular weight excluding hydrogens is 347 g/mol. The van der Waals surface area contributed by atoms with E-state index in [0.29, 0.717) is 31.5 Å². The monoisotopic (exact) mass is 369 g/mol. The molecule has 2 heterocycles. The van der Waals surface area contributed by atoms with Crippen molar-refractivity contribution < 1.29 is 22.8 Å². The Hall–Kier alpha value is -2.25. The summed E-state index contributed by atoms with van der Waals surface area (Å²) in [7, 11) is 0. The van der Waals surface area contributed by atoms with E-state index in [0.717, 1.165) is 17.7 Å². The Morgan fingerprint density at radius 3 is 2.65 bits per heavy atom. The molecule has 8 heteroatoms. The lowest BCUT2D eigenvalue weighted by molar-refractivity contribution is -0.187. The predicted octanol–water partition coefficient (Wildman–Crippen LogP) is 2.34. The summed E-state index contributed by atoms with van der Waals surface area (Å²) < 4.78 is 38.9. The highest BCUT2D eigenvalue weighted by Crippen LogP contribution is 2.34. The van der Waals surface area contributed by atoms with E-state index in [2.05, 4.69) is 0 Å². The van der Waals surface area contributed by atoms with Gasteiger partial charge in [-0.1, -0.05) is 6.07 Å². The second-order valence-corrected chi connectivity index (χ2v) is 6.91. The number of primary amides is 1. The summed E-state index contributed by atoms with van der Waals surface area (Å²) in [5.74, 6) is -2.27. The first-order valence-electron chi connectivity index (χ1n) is 8.78. The van der Waals surface area contributed by atoms with Gasteiger partial charge in [0.25, 0.3) is 0 Å². The number of amides is 2. The maximum Gasteiger partial charge on any atom is 0.393 e. The molecular formula is C18H22F3N3O2. The molecule has 1 aromatic rings. The number of nitrogens with zero attached hydrogens (tertiary/aromatic N) is 2. The van der Waals surface area contributed by atoms with Crippen molar-refractivity contribution in [3.8, 4) is 0 Å². The second-order valence-electron chi connectivity index (χ2n) is 6.91. The van der Waals surface area contributed by atoms with Crippen molar-refractivity contribution in [2.45, 2.75) is 31.9 Å². The Morgan fingerprint density at radius 1 is 1.19 bits per heavy atom. The normalized spacial score (nSPS) is 20.7. The second kappa shape index (κ2) is 7.17. The number of benzene rings is 1. The lowest BCUT2D eigenvalue weighted by atomic mass is 9.95. The number of anilines is 1. The third-order valence-electron chi connectivity index (χ3n) is 5.18. The molecule has 0 bridgehead atoms. The highest BCUT2D eigenvalue weighted by molar-refractivity contribution is 5.96. The molecule has 26 heavy (non-hydrogen) atoms. The molecule has 2 N–H and O–H groups in total. The number of carbonyl (C=O) groups is 2. The van der Waals surface area contributed by atoms with Gasteiger partial charge in [-0.3, -0.25) is 9.59 Å². The summed E-state index contributed by atoms with van der Waals surface area (Å²) in [5.41, 5.74) is 7.44. The van der Waals surface area contributed by atoms with Crippen LogP contribution < -0.4 is 10.6 Å². The van der Waals surface area contributed by atoms with Crippen LogP contribution in [0.25, 0.3) is 0 Å². The zero-order valence-corrected chi connectivity index (χ0v) is 14.4. The van der Waals surface area contributed by atoms with E-state index in [9.17, 15) is 22.8 Å². The summed E-state index contributed by atoms with van der Waals surface area (Å²) in [5, 5.41) is 0. The molecule has 2 aliphatic rings. The van der Waals surface area contributed by atoms with Gasteiger partial charge >= 0.3 is 6.18 Å². The lowest BCUT2D eigenvalue weighted by Crippen LogP contribution is -2.48. The number of rotatable bonds is 3. The number of hydrogen-bond acceptors (Lipinski definition) is 3. The van der Waals surface area contributed by atoms with Crippen LogP contribution in [0.4, 0.5) is 18.9 Å². The van der Waals surface area contributed by atoms with E-state index in [1.165, 1.54) is 4.90 Å². The van der Waals surface area contributed by atoms with Gasteiger partial charge in [-0.15, -0.1) is 0 Å². The van der Waals surface area contributed by atoms with Gasteiger partial charge in [0.1, 0.15) is 0 Å². The summed E-state index contributed by atoms with van der Waals surface area (Å²) in [6.45, 7) is 0.717. The number of halogens is 3. The number of likely N-dealkylation sites (tertiary alicyclic amines) is 1. The minimum absolute atomic E-state index is 0.0137. The summed E-state index contributed by atoms with van der Waals surface area (Å²) in [4.78, 5) is 27.3. The van der Waals surface area contributed by atoms with Crippen molar-refractivity contribution in [2.75, 3.05) is 31.1 Å². The van der Waals surface area contributed by atoms with Crippen LogP contribution in [0.15, 0.2) is 18.2 Å². The van der Waals surface area contributed by atoms with E-state index in [4.69, 9.17) is 5.73 Å². The SMILES string of the molecule is NC(=O)c1cccc2c1CCCN2CC(=O)N1CCCC(C(F)(F)F)C1. The summed E-state index contributed by atoms with van der Waals surface area (Å²) >= 11 is 0. The van der Waals surface area contributed by atoms with Crippen LogP contribution >= 0.6 is 0 Å². The Kier molecular flexibility index (Phi) is 5.11. The van der Waals surface area contributed by atoms with E-state index in [1.54, 1.807) is 12.1 Å². The predicted molar refractivity (Wildman–Crippen MR) is 90.9 cm³/mol. The third-order valence-corrected chi connectivity index (χ3v) is 5.18. The molecule has 142 valence electrons. The average molecular weight is 369 g/mol. The highest BCUT2D eigenvalue weighted by Gasteiger charge is 2.42. The molecule has 0 spiro atoms. The number of alkyl halides is 3. The van der Waals surface area contributed by atoms with Gasteiger partial charge in [0, 0.05) is 30.9 Å². The molecule has 3 rings (SSSR count). The first-order chi connectivity index (χ1) is 12.3. The van der Waals surface area contributed by atoms with E-state index < -0.39 is 18.0 Å². The number of piperidine rings is 1. The molecule has 5 nitrogen and oxygen atoms in total. The van der Waals surface area contributed by atoms with Gasteiger partial charge in [-0.2, -0.15) is 13.2 Å². The number of carbonyl (C=O) groups excluding carboxylic acids is 2. The minimum atomic E-state index is -4.27. The maximum absolute atomic E-state index is 13.0. The molecule has 1 fully saturated rings. The Balaban J connectivity index is 1.73. The zero-order chi connectivity index (χ0) is 18.9. The smallest absolute Gasteiger partial charge is 0.366 e. The van der Waals surface area contributed by atoms with Crippen LogP contribution in [0.1, 0.15) is 35.2 Å². The van der Waals surface area contributed by atoms with Gasteiger partial charge in [-0.05, 0) is 43.4 Å². The van der Waals surface area contributed by atoms with Gasteiger partial charge < -0.3 is 15.5 Å². The molecule has 1 aromatic carbocycles. The third kappa shape index (κ3) is 3.78. The van der Waals surface area contributed by atoms with Gasteiger partial charge in [-0.25, -0.2) is 0 Å². The molecule has 1 atom stereocenters. The van der Waals surface area contributed by atoms with E-state index >= 15 is 0 Å². The minimum Gasteiger partial charge on any atom is -0.366 e. The average Bonchev–Trinajstić information content (AvgIpc) is 2.60. The molecule has 0 saturated carbocycles. The summed E-state index contributed by atoms with van der Waals surface area (Å²) in [6, 6.07) is 5.19. The van der Waals surface area contributed by atoms with Crippen LogP contribution in [-0.2, 0) is 11.2 Å². The number of fused-ring (bicyclic) bond motifs is 1. The molecule has 0 aromatic heterocycles. The molecule has 2 amide bonds. The Bertz CT molecular complexity index is 705. The molecule has 1 saturated heterocycles. The zero-order valence-electron chi connectivity index (χ0n) is 14.4. The van der Waals surface area contributed by atoms with Crippen LogP contribution in [0.3, 0.4) is 0 Å². The Labute approximate surface area is 149 Å². The van der Waals surface area contributed by atoms with Crippen molar-refractivity contribution in [1.82, 2.24) is 4.90 Å². The lowest BCUT2D eigenvalue weighted by Gasteiger charge is -2.37. The van der Waals surface area contributed by atoms with Crippen LogP contribution in [-0.4, -0.2) is 49.1 Å². The maximum atomic E-state index is 13.0.